The predicted molar refractivity (Wildman–Crippen MR) is 133 cm³/mol. The van der Waals surface area contributed by atoms with Gasteiger partial charge in [0.25, 0.3) is 0 Å². The first-order chi connectivity index (χ1) is 15.1. The van der Waals surface area contributed by atoms with Crippen molar-refractivity contribution in [1.29, 1.82) is 0 Å². The van der Waals surface area contributed by atoms with Gasteiger partial charge in [-0.3, -0.25) is 4.57 Å². The summed E-state index contributed by atoms with van der Waals surface area (Å²) in [6.45, 7) is 22.1. The summed E-state index contributed by atoms with van der Waals surface area (Å²) in [6.07, 6.45) is -0.448. The number of carbonyl (C=O) groups is 1. The van der Waals surface area contributed by atoms with Gasteiger partial charge in [0.05, 0.1) is 27.8 Å². The van der Waals surface area contributed by atoms with Gasteiger partial charge >= 0.3 is 13.2 Å². The van der Waals surface area contributed by atoms with Gasteiger partial charge in [-0.05, 0) is 78.0 Å². The van der Waals surface area contributed by atoms with E-state index in [2.05, 4.69) is 25.7 Å². The molecule has 7 nitrogen and oxygen atoms in total. The number of hydrogen-bond acceptors (Lipinski definition) is 6. The van der Waals surface area contributed by atoms with Crippen LogP contribution in [-0.4, -0.2) is 52.7 Å². The summed E-state index contributed by atoms with van der Waals surface area (Å²) < 4.78 is 20.3. The van der Waals surface area contributed by atoms with Crippen molar-refractivity contribution >= 4 is 35.7 Å². The number of rotatable bonds is 3. The van der Waals surface area contributed by atoms with E-state index in [4.69, 9.17) is 19.0 Å². The SMILES string of the molecule is CC1CN(c2ccc3c(n2)c(C(C)C)c(B2OC(C)(C)C(C)(C)O2)n3C(=O)OC(C)(C)C)C1. The third kappa shape index (κ3) is 4.16. The van der Waals surface area contributed by atoms with Crippen LogP contribution in [0, 0.1) is 5.92 Å². The summed E-state index contributed by atoms with van der Waals surface area (Å²) in [5.41, 5.74) is 1.45. The lowest BCUT2D eigenvalue weighted by Crippen LogP contribution is -2.45. The summed E-state index contributed by atoms with van der Waals surface area (Å²) in [5.74, 6) is 1.70. The van der Waals surface area contributed by atoms with Gasteiger partial charge in [-0.2, -0.15) is 0 Å². The Morgan fingerprint density at radius 1 is 1.15 bits per heavy atom. The van der Waals surface area contributed by atoms with E-state index in [1.165, 1.54) is 0 Å². The zero-order valence-corrected chi connectivity index (χ0v) is 21.8. The molecule has 0 bridgehead atoms. The molecule has 33 heavy (non-hydrogen) atoms. The van der Waals surface area contributed by atoms with Crippen molar-refractivity contribution in [3.8, 4) is 0 Å². The minimum Gasteiger partial charge on any atom is -0.443 e. The Hall–Kier alpha value is -2.06. The first kappa shape index (κ1) is 24.1. The third-order valence-corrected chi connectivity index (χ3v) is 6.89. The van der Waals surface area contributed by atoms with Gasteiger partial charge in [0.2, 0.25) is 0 Å². The van der Waals surface area contributed by atoms with Gasteiger partial charge in [0.15, 0.2) is 0 Å². The van der Waals surface area contributed by atoms with Crippen molar-refractivity contribution in [3.05, 3.63) is 17.7 Å². The van der Waals surface area contributed by atoms with Crippen LogP contribution in [-0.2, 0) is 14.0 Å². The maximum atomic E-state index is 13.5. The second kappa shape index (κ2) is 7.74. The first-order valence-electron chi connectivity index (χ1n) is 12.0. The number of fused-ring (bicyclic) bond motifs is 1. The molecule has 0 saturated carbocycles. The minimum atomic E-state index is -0.707. The van der Waals surface area contributed by atoms with E-state index in [0.717, 1.165) is 35.5 Å². The van der Waals surface area contributed by atoms with E-state index in [9.17, 15) is 4.79 Å². The van der Waals surface area contributed by atoms with E-state index in [1.54, 1.807) is 4.57 Å². The molecule has 0 spiro atoms. The standard InChI is InChI=1S/C25H38BN3O4/c1-15(2)19-20-17(11-12-18(27-20)28-13-16(3)14-28)29(22(30)31-23(4,5)6)21(19)26-32-24(7,8)25(9,10)33-26/h11-12,15-16H,13-14H2,1-10H3. The Balaban J connectivity index is 1.94. The van der Waals surface area contributed by atoms with Crippen LogP contribution in [0.4, 0.5) is 10.6 Å². The molecule has 0 aromatic carbocycles. The van der Waals surface area contributed by atoms with Gasteiger partial charge in [0, 0.05) is 13.1 Å². The predicted octanol–water partition coefficient (Wildman–Crippen LogP) is 4.70. The van der Waals surface area contributed by atoms with Crippen LogP contribution in [0.3, 0.4) is 0 Å². The average molecular weight is 455 g/mol. The molecule has 180 valence electrons. The van der Waals surface area contributed by atoms with Crippen molar-refractivity contribution in [3.63, 3.8) is 0 Å². The smallest absolute Gasteiger partial charge is 0.443 e. The van der Waals surface area contributed by atoms with Crippen molar-refractivity contribution in [1.82, 2.24) is 9.55 Å². The number of anilines is 1. The summed E-state index contributed by atoms with van der Waals surface area (Å²) in [6, 6.07) is 3.97. The molecular weight excluding hydrogens is 417 g/mol. The quantitative estimate of drug-likeness (QED) is 0.626. The third-order valence-electron chi connectivity index (χ3n) is 6.89. The molecule has 0 radical (unpaired) electrons. The fourth-order valence-corrected chi connectivity index (χ4v) is 4.51. The fraction of sp³-hybridized carbons (Fsp3) is 0.680. The lowest BCUT2D eigenvalue weighted by atomic mass is 9.78. The van der Waals surface area contributed by atoms with Crippen LogP contribution in [0.25, 0.3) is 11.0 Å². The van der Waals surface area contributed by atoms with E-state index in [0.29, 0.717) is 11.5 Å². The Bertz CT molecular complexity index is 1060. The molecule has 2 aromatic heterocycles. The summed E-state index contributed by atoms with van der Waals surface area (Å²) in [4.78, 5) is 20.8. The second-order valence-corrected chi connectivity index (χ2v) is 11.9. The maximum absolute atomic E-state index is 13.5. The van der Waals surface area contributed by atoms with Crippen LogP contribution in [0.5, 0.6) is 0 Å². The lowest BCUT2D eigenvalue weighted by Gasteiger charge is -2.38. The summed E-state index contributed by atoms with van der Waals surface area (Å²) >= 11 is 0. The number of nitrogens with zero attached hydrogens (tertiary/aromatic N) is 3. The number of hydrogen-bond donors (Lipinski definition) is 0. The van der Waals surface area contributed by atoms with Crippen molar-refractivity contribution < 1.29 is 18.8 Å². The molecule has 2 aromatic rings. The molecule has 8 heteroatoms. The molecule has 2 fully saturated rings. The van der Waals surface area contributed by atoms with Crippen molar-refractivity contribution in [2.75, 3.05) is 18.0 Å². The lowest BCUT2D eigenvalue weighted by molar-refractivity contribution is 0.00578. The number of pyridine rings is 1. The molecular formula is C25H38BN3O4. The van der Waals surface area contributed by atoms with E-state index in [-0.39, 0.29) is 5.92 Å². The number of carbonyl (C=O) groups excluding carboxylic acids is 1. The molecule has 0 atom stereocenters. The van der Waals surface area contributed by atoms with Gasteiger partial charge in [0.1, 0.15) is 11.4 Å². The molecule has 4 rings (SSSR count). The van der Waals surface area contributed by atoms with Crippen LogP contribution in [0.1, 0.15) is 80.7 Å². The Morgan fingerprint density at radius 2 is 1.73 bits per heavy atom. The highest BCUT2D eigenvalue weighted by atomic mass is 16.7. The maximum Gasteiger partial charge on any atom is 0.513 e. The largest absolute Gasteiger partial charge is 0.513 e. The van der Waals surface area contributed by atoms with Crippen LogP contribution in [0.2, 0.25) is 0 Å². The zero-order chi connectivity index (χ0) is 24.5. The number of aromatic nitrogens is 2. The van der Waals surface area contributed by atoms with Crippen LogP contribution >= 0.6 is 0 Å². The monoisotopic (exact) mass is 455 g/mol. The second-order valence-electron chi connectivity index (χ2n) is 11.9. The molecule has 0 amide bonds. The van der Waals surface area contributed by atoms with Crippen LogP contribution < -0.4 is 10.5 Å². The Labute approximate surface area is 197 Å². The van der Waals surface area contributed by atoms with Gasteiger partial charge in [-0.15, -0.1) is 0 Å². The van der Waals surface area contributed by atoms with Gasteiger partial charge in [-0.25, -0.2) is 9.78 Å². The van der Waals surface area contributed by atoms with Gasteiger partial charge < -0.3 is 18.9 Å². The van der Waals surface area contributed by atoms with Gasteiger partial charge in [-0.1, -0.05) is 20.8 Å². The highest BCUT2D eigenvalue weighted by molar-refractivity contribution is 6.63. The normalized spacial score (nSPS) is 20.6. The average Bonchev–Trinajstić information content (AvgIpc) is 3.07. The molecule has 2 aliphatic rings. The topological polar surface area (TPSA) is 65.8 Å². The summed E-state index contributed by atoms with van der Waals surface area (Å²) in [5, 5.41) is 0. The molecule has 2 aliphatic heterocycles. The molecule has 2 saturated heterocycles. The molecule has 0 unspecified atom stereocenters. The fourth-order valence-electron chi connectivity index (χ4n) is 4.51. The van der Waals surface area contributed by atoms with Crippen molar-refractivity contribution in [2.24, 2.45) is 5.92 Å². The van der Waals surface area contributed by atoms with Crippen LogP contribution in [0.15, 0.2) is 12.1 Å². The Morgan fingerprint density at radius 3 is 2.21 bits per heavy atom. The first-order valence-corrected chi connectivity index (χ1v) is 12.0. The van der Waals surface area contributed by atoms with E-state index < -0.39 is 30.0 Å². The highest BCUT2D eigenvalue weighted by Crippen LogP contribution is 2.39. The molecule has 0 aliphatic carbocycles. The summed E-state index contributed by atoms with van der Waals surface area (Å²) in [7, 11) is -0.707. The Kier molecular flexibility index (Phi) is 5.65. The zero-order valence-electron chi connectivity index (χ0n) is 21.8. The molecule has 4 heterocycles. The van der Waals surface area contributed by atoms with E-state index >= 15 is 0 Å². The minimum absolute atomic E-state index is 0.100. The van der Waals surface area contributed by atoms with Crippen molar-refractivity contribution in [2.45, 2.75) is 92.0 Å². The van der Waals surface area contributed by atoms with E-state index in [1.807, 2.05) is 60.6 Å². The molecule has 0 N–H and O–H groups in total. The number of ether oxygens (including phenoxy) is 1. The highest BCUT2D eigenvalue weighted by Gasteiger charge is 2.54.